The minimum Gasteiger partial charge on any atom is -0.341 e. The van der Waals surface area contributed by atoms with Crippen LogP contribution in [0.15, 0.2) is 12.3 Å². The largest absolute Gasteiger partial charge is 0.341 e. The average Bonchev–Trinajstić information content (AvgIpc) is 2.38. The number of piperidine rings is 1. The predicted octanol–water partition coefficient (Wildman–Crippen LogP) is 1.85. The summed E-state index contributed by atoms with van der Waals surface area (Å²) in [5.41, 5.74) is 6.87. The van der Waals surface area contributed by atoms with E-state index in [0.29, 0.717) is 11.8 Å². The van der Waals surface area contributed by atoms with Crippen LogP contribution in [0.2, 0.25) is 0 Å². The summed E-state index contributed by atoms with van der Waals surface area (Å²) < 4.78 is 0. The van der Waals surface area contributed by atoms with E-state index in [2.05, 4.69) is 28.7 Å². The van der Waals surface area contributed by atoms with E-state index in [1.54, 1.807) is 0 Å². The van der Waals surface area contributed by atoms with Gasteiger partial charge in [0.2, 0.25) is 5.95 Å². The Morgan fingerprint density at radius 3 is 2.72 bits per heavy atom. The maximum atomic E-state index is 5.72. The van der Waals surface area contributed by atoms with Crippen LogP contribution in [0, 0.1) is 11.8 Å². The molecule has 0 aliphatic carbocycles. The number of nitrogens with zero attached hydrogens (tertiary/aromatic N) is 3. The fourth-order valence-corrected chi connectivity index (χ4v) is 2.44. The van der Waals surface area contributed by atoms with Crippen molar-refractivity contribution in [2.45, 2.75) is 33.1 Å². The van der Waals surface area contributed by atoms with E-state index >= 15 is 0 Å². The number of anilines is 1. The molecule has 2 heterocycles. The van der Waals surface area contributed by atoms with Gasteiger partial charge in [0.1, 0.15) is 0 Å². The summed E-state index contributed by atoms with van der Waals surface area (Å²) in [4.78, 5) is 11.4. The summed E-state index contributed by atoms with van der Waals surface area (Å²) in [5, 5.41) is 0. The number of aromatic nitrogens is 2. The number of hydrogen-bond acceptors (Lipinski definition) is 4. The van der Waals surface area contributed by atoms with E-state index in [9.17, 15) is 0 Å². The average molecular weight is 248 g/mol. The first-order valence-electron chi connectivity index (χ1n) is 6.96. The molecular formula is C14H24N4. The molecule has 2 rings (SSSR count). The maximum absolute atomic E-state index is 5.72. The van der Waals surface area contributed by atoms with Crippen LogP contribution in [0.4, 0.5) is 5.95 Å². The quantitative estimate of drug-likeness (QED) is 0.883. The molecule has 1 aliphatic rings. The van der Waals surface area contributed by atoms with Crippen LogP contribution in [0.25, 0.3) is 0 Å². The molecule has 0 saturated carbocycles. The van der Waals surface area contributed by atoms with Crippen molar-refractivity contribution < 1.29 is 0 Å². The molecule has 1 aromatic rings. The van der Waals surface area contributed by atoms with Gasteiger partial charge in [0.25, 0.3) is 0 Å². The Hall–Kier alpha value is -1.16. The Balaban J connectivity index is 2.00. The molecule has 0 atom stereocenters. The van der Waals surface area contributed by atoms with Crippen molar-refractivity contribution in [3.8, 4) is 0 Å². The summed E-state index contributed by atoms with van der Waals surface area (Å²) in [7, 11) is 0. The zero-order chi connectivity index (χ0) is 13.0. The SMILES string of the molecule is CC(C)Cc1ccnc(N2CCC(CN)CC2)n1. The maximum Gasteiger partial charge on any atom is 0.225 e. The Morgan fingerprint density at radius 2 is 2.11 bits per heavy atom. The highest BCUT2D eigenvalue weighted by Gasteiger charge is 2.19. The van der Waals surface area contributed by atoms with Gasteiger partial charge < -0.3 is 10.6 Å². The molecule has 0 spiro atoms. The molecule has 2 N–H and O–H groups in total. The van der Waals surface area contributed by atoms with Crippen molar-refractivity contribution in [2.75, 3.05) is 24.5 Å². The van der Waals surface area contributed by atoms with Crippen LogP contribution < -0.4 is 10.6 Å². The molecule has 4 nitrogen and oxygen atoms in total. The minimum absolute atomic E-state index is 0.635. The molecule has 1 fully saturated rings. The molecule has 0 aromatic carbocycles. The Bertz CT molecular complexity index is 370. The van der Waals surface area contributed by atoms with Gasteiger partial charge >= 0.3 is 0 Å². The van der Waals surface area contributed by atoms with Crippen LogP contribution >= 0.6 is 0 Å². The highest BCUT2D eigenvalue weighted by molar-refractivity contribution is 5.31. The zero-order valence-electron chi connectivity index (χ0n) is 11.5. The van der Waals surface area contributed by atoms with Gasteiger partial charge in [-0.3, -0.25) is 0 Å². The van der Waals surface area contributed by atoms with Gasteiger partial charge in [-0.25, -0.2) is 9.97 Å². The summed E-state index contributed by atoms with van der Waals surface area (Å²) in [6.45, 7) is 7.31. The van der Waals surface area contributed by atoms with Crippen molar-refractivity contribution in [3.05, 3.63) is 18.0 Å². The molecule has 0 radical (unpaired) electrons. The molecule has 0 amide bonds. The second-order valence-electron chi connectivity index (χ2n) is 5.61. The van der Waals surface area contributed by atoms with Gasteiger partial charge in [-0.05, 0) is 43.7 Å². The summed E-state index contributed by atoms with van der Waals surface area (Å²) >= 11 is 0. The van der Waals surface area contributed by atoms with Crippen LogP contribution in [-0.2, 0) is 6.42 Å². The summed E-state index contributed by atoms with van der Waals surface area (Å²) in [6, 6.07) is 2.02. The normalized spacial score (nSPS) is 17.4. The van der Waals surface area contributed by atoms with Gasteiger partial charge in [0, 0.05) is 25.0 Å². The van der Waals surface area contributed by atoms with Crippen molar-refractivity contribution >= 4 is 5.95 Å². The van der Waals surface area contributed by atoms with Crippen molar-refractivity contribution in [1.29, 1.82) is 0 Å². The molecule has 1 saturated heterocycles. The number of hydrogen-bond donors (Lipinski definition) is 1. The van der Waals surface area contributed by atoms with E-state index < -0.39 is 0 Å². The van der Waals surface area contributed by atoms with E-state index in [1.165, 1.54) is 0 Å². The van der Waals surface area contributed by atoms with E-state index in [-0.39, 0.29) is 0 Å². The highest BCUT2D eigenvalue weighted by Crippen LogP contribution is 2.20. The van der Waals surface area contributed by atoms with Gasteiger partial charge in [0.05, 0.1) is 0 Å². The van der Waals surface area contributed by atoms with Crippen LogP contribution in [0.3, 0.4) is 0 Å². The first-order chi connectivity index (χ1) is 8.69. The Morgan fingerprint density at radius 1 is 1.39 bits per heavy atom. The fourth-order valence-electron chi connectivity index (χ4n) is 2.44. The lowest BCUT2D eigenvalue weighted by molar-refractivity contribution is 0.411. The second kappa shape index (κ2) is 6.14. The van der Waals surface area contributed by atoms with Gasteiger partial charge in [-0.1, -0.05) is 13.8 Å². The Kier molecular flexibility index (Phi) is 4.53. The van der Waals surface area contributed by atoms with E-state index in [0.717, 1.165) is 50.5 Å². The molecule has 1 aromatic heterocycles. The molecular weight excluding hydrogens is 224 g/mol. The van der Waals surface area contributed by atoms with Crippen LogP contribution in [-0.4, -0.2) is 29.6 Å². The highest BCUT2D eigenvalue weighted by atomic mass is 15.2. The topological polar surface area (TPSA) is 55.0 Å². The third-order valence-corrected chi connectivity index (χ3v) is 3.55. The lowest BCUT2D eigenvalue weighted by Gasteiger charge is -2.31. The summed E-state index contributed by atoms with van der Waals surface area (Å²) in [5.74, 6) is 2.21. The number of rotatable bonds is 4. The molecule has 0 unspecified atom stereocenters. The lowest BCUT2D eigenvalue weighted by atomic mass is 9.97. The van der Waals surface area contributed by atoms with Gasteiger partial charge in [0.15, 0.2) is 0 Å². The standard InChI is InChI=1S/C14H24N4/c1-11(2)9-13-3-6-16-14(17-13)18-7-4-12(10-15)5-8-18/h3,6,11-12H,4-5,7-10,15H2,1-2H3. The molecule has 4 heteroatoms. The van der Waals surface area contributed by atoms with Crippen molar-refractivity contribution in [1.82, 2.24) is 9.97 Å². The molecule has 0 bridgehead atoms. The zero-order valence-corrected chi connectivity index (χ0v) is 11.5. The Labute approximate surface area is 110 Å². The molecule has 18 heavy (non-hydrogen) atoms. The third kappa shape index (κ3) is 3.42. The first-order valence-corrected chi connectivity index (χ1v) is 6.96. The third-order valence-electron chi connectivity index (χ3n) is 3.55. The van der Waals surface area contributed by atoms with Gasteiger partial charge in [-0.2, -0.15) is 0 Å². The van der Waals surface area contributed by atoms with Crippen molar-refractivity contribution in [2.24, 2.45) is 17.6 Å². The molecule has 100 valence electrons. The van der Waals surface area contributed by atoms with Crippen LogP contribution in [0.1, 0.15) is 32.4 Å². The molecule has 1 aliphatic heterocycles. The van der Waals surface area contributed by atoms with Crippen molar-refractivity contribution in [3.63, 3.8) is 0 Å². The lowest BCUT2D eigenvalue weighted by Crippen LogP contribution is -2.37. The smallest absolute Gasteiger partial charge is 0.225 e. The fraction of sp³-hybridized carbons (Fsp3) is 0.714. The minimum atomic E-state index is 0.635. The first kappa shape index (κ1) is 13.3. The number of nitrogens with two attached hydrogens (primary N) is 1. The van der Waals surface area contributed by atoms with Gasteiger partial charge in [-0.15, -0.1) is 0 Å². The predicted molar refractivity (Wildman–Crippen MR) is 74.6 cm³/mol. The monoisotopic (exact) mass is 248 g/mol. The van der Waals surface area contributed by atoms with Crippen LogP contribution in [0.5, 0.6) is 0 Å². The van der Waals surface area contributed by atoms with E-state index in [4.69, 9.17) is 5.73 Å². The van der Waals surface area contributed by atoms with E-state index in [1.807, 2.05) is 12.3 Å². The second-order valence-corrected chi connectivity index (χ2v) is 5.61. The summed E-state index contributed by atoms with van der Waals surface area (Å²) in [6.07, 6.45) is 5.23.